The summed E-state index contributed by atoms with van der Waals surface area (Å²) in [5, 5.41) is 0.769. The predicted octanol–water partition coefficient (Wildman–Crippen LogP) is 3.58. The molecule has 2 fully saturated rings. The molecule has 3 atom stereocenters. The molecule has 2 N–H and O–H groups in total. The summed E-state index contributed by atoms with van der Waals surface area (Å²) in [6.07, 6.45) is 6.30. The van der Waals surface area contributed by atoms with Crippen LogP contribution in [0.2, 0.25) is 5.02 Å². The number of likely N-dealkylation sites (N-methyl/N-ethyl adjacent to an activating group) is 1. The Bertz CT molecular complexity index is 1570. The van der Waals surface area contributed by atoms with Gasteiger partial charge in [0.05, 0.1) is 41.4 Å². The van der Waals surface area contributed by atoms with E-state index in [1.165, 1.54) is 4.90 Å². The summed E-state index contributed by atoms with van der Waals surface area (Å²) < 4.78 is 27.7. The third-order valence-corrected chi connectivity index (χ3v) is 10.5. The number of fused-ring (bicyclic) bond motifs is 4. The van der Waals surface area contributed by atoms with Crippen molar-refractivity contribution in [3.63, 3.8) is 0 Å². The number of aliphatic imine (C=N–C) groups is 1. The van der Waals surface area contributed by atoms with E-state index in [1.54, 1.807) is 20.2 Å². The van der Waals surface area contributed by atoms with Gasteiger partial charge < -0.3 is 25.0 Å². The number of carbonyl (C=O) groups excluding carboxylic acids is 1. The van der Waals surface area contributed by atoms with Gasteiger partial charge in [-0.05, 0) is 61.9 Å². The molecule has 1 aromatic carbocycles. The number of carbonyl (C=O) groups is 1. The molecule has 5 heterocycles. The fraction of sp³-hybridized carbons (Fsp3) is 0.576. The lowest BCUT2D eigenvalue weighted by Gasteiger charge is -2.37. The van der Waals surface area contributed by atoms with Gasteiger partial charge in [-0.15, -0.1) is 0 Å². The maximum atomic E-state index is 14.5. The number of rotatable bonds is 6. The van der Waals surface area contributed by atoms with Crippen molar-refractivity contribution in [1.82, 2.24) is 19.8 Å². The number of benzene rings is 1. The number of hydrogen-bond donors (Lipinski definition) is 1. The number of anilines is 1. The van der Waals surface area contributed by atoms with E-state index < -0.39 is 11.8 Å². The molecule has 1 aromatic heterocycles. The highest BCUT2D eigenvalue weighted by molar-refractivity contribution is 6.31. The van der Waals surface area contributed by atoms with E-state index in [0.29, 0.717) is 64.0 Å². The topological polar surface area (TPSA) is 109 Å². The number of nitrogens with zero attached hydrogens (tertiary/aromatic N) is 6. The zero-order valence-corrected chi connectivity index (χ0v) is 26.8. The summed E-state index contributed by atoms with van der Waals surface area (Å²) in [6, 6.07) is 6.33. The first kappa shape index (κ1) is 30.4. The lowest BCUT2D eigenvalue weighted by molar-refractivity contribution is -0.124. The number of ether oxygens (including phenoxy) is 2. The Balaban J connectivity index is 1.23. The Hall–Kier alpha value is -3.28. The van der Waals surface area contributed by atoms with Gasteiger partial charge in [0.25, 0.3) is 5.91 Å². The summed E-state index contributed by atoms with van der Waals surface area (Å²) in [7, 11) is 3.35. The van der Waals surface area contributed by atoms with Gasteiger partial charge >= 0.3 is 6.01 Å². The molecule has 10 nitrogen and oxygen atoms in total. The summed E-state index contributed by atoms with van der Waals surface area (Å²) in [5.41, 5.74) is 10.3. The summed E-state index contributed by atoms with van der Waals surface area (Å²) >= 11 is 6.60. The molecular weight excluding hydrogens is 597 g/mol. The molecule has 45 heavy (non-hydrogen) atoms. The largest absolute Gasteiger partial charge is 0.461 e. The average molecular weight is 638 g/mol. The molecular formula is C33H41ClFN7O3. The summed E-state index contributed by atoms with van der Waals surface area (Å²) in [5.74, 6) is 0.479. The van der Waals surface area contributed by atoms with Crippen LogP contribution in [0.5, 0.6) is 6.01 Å². The van der Waals surface area contributed by atoms with E-state index in [-0.39, 0.29) is 17.1 Å². The monoisotopic (exact) mass is 637 g/mol. The maximum Gasteiger partial charge on any atom is 0.318 e. The van der Waals surface area contributed by atoms with E-state index in [9.17, 15) is 9.18 Å². The number of aromatic nitrogens is 2. The van der Waals surface area contributed by atoms with Gasteiger partial charge in [0, 0.05) is 57.2 Å². The second-order valence-corrected chi connectivity index (χ2v) is 13.7. The molecule has 1 amide bonds. The maximum absolute atomic E-state index is 14.5. The lowest BCUT2D eigenvalue weighted by atomic mass is 9.87. The molecule has 240 valence electrons. The van der Waals surface area contributed by atoms with Crippen molar-refractivity contribution < 1.29 is 18.7 Å². The lowest BCUT2D eigenvalue weighted by Crippen LogP contribution is -2.43. The van der Waals surface area contributed by atoms with Crippen LogP contribution in [0.15, 0.2) is 35.0 Å². The van der Waals surface area contributed by atoms with Gasteiger partial charge in [0.2, 0.25) is 0 Å². The van der Waals surface area contributed by atoms with Crippen molar-refractivity contribution in [2.45, 2.75) is 68.9 Å². The van der Waals surface area contributed by atoms with E-state index in [1.807, 2.05) is 12.1 Å². The third-order valence-electron chi connectivity index (χ3n) is 10.1. The van der Waals surface area contributed by atoms with Crippen molar-refractivity contribution in [2.75, 3.05) is 58.3 Å². The molecule has 2 saturated heterocycles. The molecule has 4 aliphatic heterocycles. The van der Waals surface area contributed by atoms with Crippen molar-refractivity contribution in [3.05, 3.63) is 57.4 Å². The summed E-state index contributed by atoms with van der Waals surface area (Å²) in [4.78, 5) is 33.1. The van der Waals surface area contributed by atoms with Crippen molar-refractivity contribution in [3.8, 4) is 6.01 Å². The third kappa shape index (κ3) is 5.57. The smallest absolute Gasteiger partial charge is 0.318 e. The molecule has 5 aliphatic rings. The van der Waals surface area contributed by atoms with Crippen LogP contribution in [0.25, 0.3) is 0 Å². The SMILES string of the molecule is CN(C)C(=O)C(N)=CC1=NCCCN(c2nc(OC[C@@]34CCCN3C[C@H](F)C4)nc3c2CO[C@]2(CCc4c(Cl)cccc42)C3)C1. The Labute approximate surface area is 268 Å². The highest BCUT2D eigenvalue weighted by Crippen LogP contribution is 2.49. The van der Waals surface area contributed by atoms with E-state index >= 15 is 0 Å². The summed E-state index contributed by atoms with van der Waals surface area (Å²) in [6.45, 7) is 3.80. The Kier molecular flexibility index (Phi) is 7.98. The molecule has 12 heteroatoms. The first-order valence-electron chi connectivity index (χ1n) is 16.0. The molecule has 0 unspecified atom stereocenters. The van der Waals surface area contributed by atoms with E-state index in [2.05, 4.69) is 15.9 Å². The second-order valence-electron chi connectivity index (χ2n) is 13.3. The normalized spacial score (nSPS) is 28.0. The van der Waals surface area contributed by atoms with Crippen molar-refractivity contribution in [2.24, 2.45) is 10.7 Å². The minimum atomic E-state index is -0.838. The van der Waals surface area contributed by atoms with Gasteiger partial charge in [0.1, 0.15) is 18.6 Å². The quantitative estimate of drug-likeness (QED) is 0.479. The average Bonchev–Trinajstić information content (AvgIpc) is 3.60. The zero-order chi connectivity index (χ0) is 31.3. The Morgan fingerprint density at radius 1 is 1.24 bits per heavy atom. The fourth-order valence-corrected chi connectivity index (χ4v) is 8.18. The molecule has 0 saturated carbocycles. The molecule has 1 aliphatic carbocycles. The zero-order valence-electron chi connectivity index (χ0n) is 26.0. The van der Waals surface area contributed by atoms with Crippen LogP contribution in [-0.2, 0) is 34.6 Å². The van der Waals surface area contributed by atoms with Crippen LogP contribution in [0.3, 0.4) is 0 Å². The van der Waals surface area contributed by atoms with Crippen LogP contribution < -0.4 is 15.4 Å². The highest BCUT2D eigenvalue weighted by atomic mass is 35.5. The van der Waals surface area contributed by atoms with Gasteiger partial charge in [-0.1, -0.05) is 23.7 Å². The Morgan fingerprint density at radius 3 is 2.96 bits per heavy atom. The molecule has 7 rings (SSSR count). The van der Waals surface area contributed by atoms with Gasteiger partial charge in [0.15, 0.2) is 0 Å². The van der Waals surface area contributed by atoms with E-state index in [4.69, 9.17) is 41.8 Å². The number of hydrogen-bond acceptors (Lipinski definition) is 9. The minimum absolute atomic E-state index is 0.140. The first-order valence-corrected chi connectivity index (χ1v) is 16.3. The van der Waals surface area contributed by atoms with Gasteiger partial charge in [-0.2, -0.15) is 9.97 Å². The van der Waals surface area contributed by atoms with Crippen LogP contribution >= 0.6 is 11.6 Å². The van der Waals surface area contributed by atoms with Crippen LogP contribution in [0, 0.1) is 0 Å². The highest BCUT2D eigenvalue weighted by Gasteiger charge is 2.50. The number of amides is 1. The predicted molar refractivity (Wildman–Crippen MR) is 171 cm³/mol. The van der Waals surface area contributed by atoms with Crippen LogP contribution in [0.4, 0.5) is 10.2 Å². The number of halogens is 2. The number of nitrogens with two attached hydrogens (primary N) is 1. The first-order chi connectivity index (χ1) is 21.7. The van der Waals surface area contributed by atoms with Gasteiger partial charge in [-0.3, -0.25) is 14.7 Å². The van der Waals surface area contributed by atoms with Crippen molar-refractivity contribution in [1.29, 1.82) is 0 Å². The van der Waals surface area contributed by atoms with Crippen LogP contribution in [-0.4, -0.2) is 96.5 Å². The molecule has 0 bridgehead atoms. The second kappa shape index (κ2) is 11.8. The Morgan fingerprint density at radius 2 is 2.11 bits per heavy atom. The molecule has 2 aromatic rings. The van der Waals surface area contributed by atoms with Crippen molar-refractivity contribution >= 4 is 29.0 Å². The molecule has 0 radical (unpaired) electrons. The van der Waals surface area contributed by atoms with Crippen LogP contribution in [0.1, 0.15) is 54.5 Å². The van der Waals surface area contributed by atoms with Gasteiger partial charge in [-0.25, -0.2) is 4.39 Å². The standard InChI is InChI=1S/C33H41ClFN7O3/c1-40(2)30(43)27(36)14-22-18-41(12-5-11-37-22)29-24-19-45-33(10-8-23-25(33)6-3-7-26(23)34)16-28(24)38-31(39-29)44-20-32-9-4-13-42(32)17-21(35)15-32/h3,6-7,14,21H,4-5,8-13,15-20,36H2,1-2H3/t21-,32+,33-/m1/s1. The fourth-order valence-electron chi connectivity index (χ4n) is 7.91. The van der Waals surface area contributed by atoms with E-state index in [0.717, 1.165) is 71.9 Å². The molecule has 1 spiro atoms. The number of alkyl halides is 1. The minimum Gasteiger partial charge on any atom is -0.461 e.